The molecule has 0 aliphatic rings. The molecule has 0 atom stereocenters. The van der Waals surface area contributed by atoms with Gasteiger partial charge in [-0.05, 0) is 35.4 Å². The zero-order valence-electron chi connectivity index (χ0n) is 13.9. The second-order valence-corrected chi connectivity index (χ2v) is 7.71. The Morgan fingerprint density at radius 2 is 1.44 bits per heavy atom. The monoisotopic (exact) mass is 370 g/mol. The highest BCUT2D eigenvalue weighted by atomic mass is 32.2. The van der Waals surface area contributed by atoms with E-state index in [1.165, 1.54) is 30.5 Å². The molecule has 1 N–H and O–H groups in total. The van der Waals surface area contributed by atoms with Gasteiger partial charge in [0.15, 0.2) is 0 Å². The quantitative estimate of drug-likeness (QED) is 0.776. The second kappa shape index (κ2) is 8.37. The van der Waals surface area contributed by atoms with Crippen LogP contribution in [0.2, 0.25) is 0 Å². The molecule has 25 heavy (non-hydrogen) atoms. The van der Waals surface area contributed by atoms with E-state index >= 15 is 0 Å². The molecule has 0 aromatic heterocycles. The Kier molecular flexibility index (Phi) is 6.46. The predicted molar refractivity (Wildman–Crippen MR) is 90.9 cm³/mol. The largest absolute Gasteiger partial charge is 0.435 e. The number of ether oxygens (including phenoxy) is 1. The van der Waals surface area contributed by atoms with Gasteiger partial charge in [0.05, 0.1) is 4.90 Å². The Hall–Kier alpha value is -2.03. The summed E-state index contributed by atoms with van der Waals surface area (Å²) in [5.74, 6) is 0.122. The number of sulfonamides is 1. The van der Waals surface area contributed by atoms with E-state index in [1.807, 2.05) is 0 Å². The maximum atomic E-state index is 12.1. The Morgan fingerprint density at radius 1 is 0.960 bits per heavy atom. The molecule has 0 bridgehead atoms. The van der Waals surface area contributed by atoms with Crippen molar-refractivity contribution in [3.63, 3.8) is 0 Å². The van der Waals surface area contributed by atoms with E-state index < -0.39 is 16.6 Å². The highest BCUT2D eigenvalue weighted by Crippen LogP contribution is 2.16. The van der Waals surface area contributed by atoms with Gasteiger partial charge in [0.2, 0.25) is 10.0 Å². The second-order valence-electron chi connectivity index (χ2n) is 5.56. The average molecular weight is 370 g/mol. The number of nitrogens with zero attached hydrogens (tertiary/aromatic N) is 1. The van der Waals surface area contributed by atoms with E-state index in [2.05, 4.69) is 10.1 Å². The topological polar surface area (TPSA) is 58.6 Å². The number of alkyl halides is 2. The van der Waals surface area contributed by atoms with Crippen molar-refractivity contribution in [1.29, 1.82) is 0 Å². The van der Waals surface area contributed by atoms with E-state index in [-0.39, 0.29) is 10.6 Å². The minimum atomic E-state index is -3.42. The summed E-state index contributed by atoms with van der Waals surface area (Å²) in [6.07, 6.45) is 0. The van der Waals surface area contributed by atoms with Gasteiger partial charge < -0.3 is 10.1 Å². The van der Waals surface area contributed by atoms with Crippen LogP contribution < -0.4 is 10.1 Å². The molecule has 0 aliphatic carbocycles. The summed E-state index contributed by atoms with van der Waals surface area (Å²) >= 11 is 0. The first-order valence-corrected chi connectivity index (χ1v) is 8.99. The van der Waals surface area contributed by atoms with Crippen molar-refractivity contribution < 1.29 is 21.9 Å². The fraction of sp³-hybridized carbons (Fsp3) is 0.294. The molecule has 5 nitrogen and oxygen atoms in total. The fourth-order valence-electron chi connectivity index (χ4n) is 2.13. The Bertz CT molecular complexity index is 777. The molecule has 136 valence electrons. The third kappa shape index (κ3) is 5.48. The number of rotatable bonds is 8. The highest BCUT2D eigenvalue weighted by Gasteiger charge is 2.16. The molecule has 2 aromatic carbocycles. The van der Waals surface area contributed by atoms with Crippen LogP contribution in [0.1, 0.15) is 11.1 Å². The summed E-state index contributed by atoms with van der Waals surface area (Å²) in [5.41, 5.74) is 1.86. The van der Waals surface area contributed by atoms with Crippen LogP contribution in [-0.4, -0.2) is 33.4 Å². The zero-order chi connectivity index (χ0) is 18.4. The molecule has 0 saturated heterocycles. The molecule has 0 fully saturated rings. The first kappa shape index (κ1) is 19.3. The lowest BCUT2D eigenvalue weighted by Crippen LogP contribution is -2.22. The molecule has 8 heteroatoms. The van der Waals surface area contributed by atoms with E-state index in [0.29, 0.717) is 13.1 Å². The summed E-state index contributed by atoms with van der Waals surface area (Å²) < 4.78 is 53.6. The van der Waals surface area contributed by atoms with Gasteiger partial charge >= 0.3 is 6.61 Å². The fourth-order valence-corrected chi connectivity index (χ4v) is 3.03. The summed E-state index contributed by atoms with van der Waals surface area (Å²) in [5, 5.41) is 3.21. The molecule has 0 amide bonds. The van der Waals surface area contributed by atoms with Gasteiger partial charge in [-0.15, -0.1) is 0 Å². The van der Waals surface area contributed by atoms with Crippen LogP contribution in [0.5, 0.6) is 5.75 Å². The van der Waals surface area contributed by atoms with E-state index in [1.54, 1.807) is 36.4 Å². The lowest BCUT2D eigenvalue weighted by molar-refractivity contribution is -0.0498. The smallest absolute Gasteiger partial charge is 0.387 e. The maximum Gasteiger partial charge on any atom is 0.387 e. The van der Waals surface area contributed by atoms with Crippen molar-refractivity contribution in [3.05, 3.63) is 59.7 Å². The third-order valence-electron chi connectivity index (χ3n) is 3.51. The van der Waals surface area contributed by atoms with E-state index in [4.69, 9.17) is 0 Å². The van der Waals surface area contributed by atoms with Gasteiger partial charge in [-0.25, -0.2) is 12.7 Å². The summed E-state index contributed by atoms with van der Waals surface area (Å²) in [4.78, 5) is 0.246. The number of hydrogen-bond acceptors (Lipinski definition) is 4. The Balaban J connectivity index is 1.88. The van der Waals surface area contributed by atoms with Crippen molar-refractivity contribution in [2.75, 3.05) is 14.1 Å². The SMILES string of the molecule is CN(C)S(=O)(=O)c1ccc(CNCc2ccc(OC(F)F)cc2)cc1. The Labute approximate surface area is 146 Å². The maximum absolute atomic E-state index is 12.1. The van der Waals surface area contributed by atoms with Gasteiger partial charge in [-0.3, -0.25) is 0 Å². The first-order chi connectivity index (χ1) is 11.8. The van der Waals surface area contributed by atoms with Gasteiger partial charge in [0.25, 0.3) is 0 Å². The van der Waals surface area contributed by atoms with Crippen LogP contribution in [0.4, 0.5) is 8.78 Å². The zero-order valence-corrected chi connectivity index (χ0v) is 14.8. The molecule has 0 heterocycles. The minimum Gasteiger partial charge on any atom is -0.435 e. The lowest BCUT2D eigenvalue weighted by atomic mass is 10.2. The number of halogens is 2. The van der Waals surface area contributed by atoms with Crippen LogP contribution in [0, 0.1) is 0 Å². The molecular weight excluding hydrogens is 350 g/mol. The molecule has 2 rings (SSSR count). The van der Waals surface area contributed by atoms with Crippen LogP contribution >= 0.6 is 0 Å². The van der Waals surface area contributed by atoms with E-state index in [9.17, 15) is 17.2 Å². The van der Waals surface area contributed by atoms with Crippen molar-refractivity contribution in [3.8, 4) is 5.75 Å². The third-order valence-corrected chi connectivity index (χ3v) is 5.34. The van der Waals surface area contributed by atoms with Gasteiger partial charge in [-0.2, -0.15) is 8.78 Å². The predicted octanol–water partition coefficient (Wildman–Crippen LogP) is 2.83. The van der Waals surface area contributed by atoms with Crippen LogP contribution in [-0.2, 0) is 23.1 Å². The van der Waals surface area contributed by atoms with Crippen LogP contribution in [0.3, 0.4) is 0 Å². The normalized spacial score (nSPS) is 11.9. The first-order valence-electron chi connectivity index (χ1n) is 7.55. The number of hydrogen-bond donors (Lipinski definition) is 1. The van der Waals surface area contributed by atoms with Crippen molar-refractivity contribution in [2.45, 2.75) is 24.6 Å². The molecule has 0 aliphatic heterocycles. The molecular formula is C17H20F2N2O3S. The summed E-state index contributed by atoms with van der Waals surface area (Å²) in [6, 6.07) is 13.0. The van der Waals surface area contributed by atoms with Gasteiger partial charge in [0, 0.05) is 27.2 Å². The van der Waals surface area contributed by atoms with Gasteiger partial charge in [0.1, 0.15) is 5.75 Å². The molecule has 0 radical (unpaired) electrons. The minimum absolute atomic E-state index is 0.122. The standard InChI is InChI=1S/C17H20F2N2O3S/c1-21(2)25(22,23)16-9-5-14(6-10-16)12-20-11-13-3-7-15(8-4-13)24-17(18)19/h3-10,17,20H,11-12H2,1-2H3. The summed E-state index contributed by atoms with van der Waals surface area (Å²) in [6.45, 7) is -1.73. The number of nitrogens with one attached hydrogen (secondary N) is 1. The summed E-state index contributed by atoms with van der Waals surface area (Å²) in [7, 11) is -0.445. The molecule has 2 aromatic rings. The lowest BCUT2D eigenvalue weighted by Gasteiger charge is -2.12. The van der Waals surface area contributed by atoms with Crippen LogP contribution in [0.15, 0.2) is 53.4 Å². The average Bonchev–Trinajstić information content (AvgIpc) is 2.56. The van der Waals surface area contributed by atoms with Crippen LogP contribution in [0.25, 0.3) is 0 Å². The molecule has 0 unspecified atom stereocenters. The van der Waals surface area contributed by atoms with Crippen molar-refractivity contribution in [2.24, 2.45) is 0 Å². The van der Waals surface area contributed by atoms with Crippen molar-refractivity contribution in [1.82, 2.24) is 9.62 Å². The molecule has 0 spiro atoms. The highest BCUT2D eigenvalue weighted by molar-refractivity contribution is 7.89. The molecule has 0 saturated carbocycles. The van der Waals surface area contributed by atoms with Crippen molar-refractivity contribution >= 4 is 10.0 Å². The number of benzene rings is 2. The Morgan fingerprint density at radius 3 is 1.88 bits per heavy atom. The van der Waals surface area contributed by atoms with E-state index in [0.717, 1.165) is 11.1 Å². The van der Waals surface area contributed by atoms with Gasteiger partial charge in [-0.1, -0.05) is 24.3 Å².